The predicted molar refractivity (Wildman–Crippen MR) is 68.9 cm³/mol. The van der Waals surface area contributed by atoms with Crippen molar-refractivity contribution in [3.63, 3.8) is 0 Å². The zero-order valence-corrected chi connectivity index (χ0v) is 10.7. The Hall–Kier alpha value is -0.860. The number of hydrogen-bond donors (Lipinski definition) is 1. The summed E-state index contributed by atoms with van der Waals surface area (Å²) in [7, 11) is 0. The SMILES string of the molecule is CC(C)COCCC1Cc2ccccc2C1O. The Labute approximate surface area is 104 Å². The minimum Gasteiger partial charge on any atom is -0.388 e. The van der Waals surface area contributed by atoms with Crippen LogP contribution in [0.2, 0.25) is 0 Å². The van der Waals surface area contributed by atoms with Crippen molar-refractivity contribution in [2.75, 3.05) is 13.2 Å². The molecule has 94 valence electrons. The van der Waals surface area contributed by atoms with Crippen molar-refractivity contribution < 1.29 is 9.84 Å². The molecule has 2 rings (SSSR count). The zero-order valence-electron chi connectivity index (χ0n) is 10.7. The van der Waals surface area contributed by atoms with Gasteiger partial charge >= 0.3 is 0 Å². The Morgan fingerprint density at radius 1 is 1.35 bits per heavy atom. The van der Waals surface area contributed by atoms with Crippen molar-refractivity contribution in [1.82, 2.24) is 0 Å². The second-order valence-corrected chi connectivity index (χ2v) is 5.37. The van der Waals surface area contributed by atoms with Gasteiger partial charge in [0.15, 0.2) is 0 Å². The van der Waals surface area contributed by atoms with E-state index in [1.807, 2.05) is 18.2 Å². The molecular formula is C15H22O2. The van der Waals surface area contributed by atoms with Crippen LogP contribution in [0.5, 0.6) is 0 Å². The molecule has 1 aliphatic rings. The van der Waals surface area contributed by atoms with Crippen LogP contribution < -0.4 is 0 Å². The Balaban J connectivity index is 1.82. The molecule has 0 bridgehead atoms. The molecule has 1 aromatic carbocycles. The first-order chi connectivity index (χ1) is 8.18. The molecule has 0 aromatic heterocycles. The molecule has 0 heterocycles. The predicted octanol–water partition coefficient (Wildman–Crippen LogP) is 2.96. The van der Waals surface area contributed by atoms with Crippen molar-refractivity contribution in [3.8, 4) is 0 Å². The third-order valence-corrected chi connectivity index (χ3v) is 3.39. The van der Waals surface area contributed by atoms with Crippen LogP contribution in [0.15, 0.2) is 24.3 Å². The van der Waals surface area contributed by atoms with Crippen molar-refractivity contribution >= 4 is 0 Å². The summed E-state index contributed by atoms with van der Waals surface area (Å²) in [4.78, 5) is 0. The van der Waals surface area contributed by atoms with E-state index in [1.54, 1.807) is 0 Å². The first-order valence-electron chi connectivity index (χ1n) is 6.52. The molecule has 0 aliphatic heterocycles. The Bertz CT molecular complexity index is 360. The van der Waals surface area contributed by atoms with Gasteiger partial charge in [0, 0.05) is 13.2 Å². The van der Waals surface area contributed by atoms with Gasteiger partial charge in [0.25, 0.3) is 0 Å². The van der Waals surface area contributed by atoms with E-state index in [-0.39, 0.29) is 6.10 Å². The van der Waals surface area contributed by atoms with Crippen LogP contribution in [0.4, 0.5) is 0 Å². The highest BCUT2D eigenvalue weighted by atomic mass is 16.5. The van der Waals surface area contributed by atoms with Gasteiger partial charge in [-0.25, -0.2) is 0 Å². The fraction of sp³-hybridized carbons (Fsp3) is 0.600. The van der Waals surface area contributed by atoms with Gasteiger partial charge in [0.1, 0.15) is 0 Å². The van der Waals surface area contributed by atoms with Gasteiger partial charge < -0.3 is 9.84 Å². The molecule has 2 atom stereocenters. The molecule has 0 radical (unpaired) electrons. The van der Waals surface area contributed by atoms with Crippen molar-refractivity contribution in [3.05, 3.63) is 35.4 Å². The third-order valence-electron chi connectivity index (χ3n) is 3.39. The number of aliphatic hydroxyl groups is 1. The summed E-state index contributed by atoms with van der Waals surface area (Å²) in [5.74, 6) is 0.917. The van der Waals surface area contributed by atoms with E-state index in [0.717, 1.165) is 31.6 Å². The second-order valence-electron chi connectivity index (χ2n) is 5.37. The van der Waals surface area contributed by atoms with Crippen molar-refractivity contribution in [2.24, 2.45) is 11.8 Å². The lowest BCUT2D eigenvalue weighted by molar-refractivity contribution is 0.0644. The molecule has 0 spiro atoms. The van der Waals surface area contributed by atoms with Crippen LogP contribution in [0.25, 0.3) is 0 Å². The van der Waals surface area contributed by atoms with Gasteiger partial charge in [-0.05, 0) is 35.8 Å². The molecular weight excluding hydrogens is 212 g/mol. The molecule has 17 heavy (non-hydrogen) atoms. The molecule has 0 amide bonds. The minimum absolute atomic E-state index is 0.297. The van der Waals surface area contributed by atoms with Crippen LogP contribution in [-0.2, 0) is 11.2 Å². The number of fused-ring (bicyclic) bond motifs is 1. The number of aliphatic hydroxyl groups excluding tert-OH is 1. The Kier molecular flexibility index (Phi) is 4.19. The normalized spacial score (nSPS) is 23.1. The van der Waals surface area contributed by atoms with E-state index in [0.29, 0.717) is 11.8 Å². The lowest BCUT2D eigenvalue weighted by Crippen LogP contribution is -2.12. The van der Waals surface area contributed by atoms with Crippen LogP contribution in [0.1, 0.15) is 37.5 Å². The molecule has 2 heteroatoms. The number of hydrogen-bond acceptors (Lipinski definition) is 2. The lowest BCUT2D eigenvalue weighted by Gasteiger charge is -2.15. The summed E-state index contributed by atoms with van der Waals surface area (Å²) in [5, 5.41) is 10.2. The Morgan fingerprint density at radius 3 is 2.82 bits per heavy atom. The number of benzene rings is 1. The zero-order chi connectivity index (χ0) is 12.3. The molecule has 0 saturated heterocycles. The van der Waals surface area contributed by atoms with E-state index in [4.69, 9.17) is 4.74 Å². The molecule has 2 nitrogen and oxygen atoms in total. The largest absolute Gasteiger partial charge is 0.388 e. The summed E-state index contributed by atoms with van der Waals surface area (Å²) in [6.07, 6.45) is 1.64. The summed E-state index contributed by atoms with van der Waals surface area (Å²) >= 11 is 0. The topological polar surface area (TPSA) is 29.5 Å². The van der Waals surface area contributed by atoms with E-state index >= 15 is 0 Å². The molecule has 2 unspecified atom stereocenters. The van der Waals surface area contributed by atoms with E-state index in [1.165, 1.54) is 5.56 Å². The fourth-order valence-electron chi connectivity index (χ4n) is 2.47. The first-order valence-corrected chi connectivity index (χ1v) is 6.52. The minimum atomic E-state index is -0.297. The first kappa shape index (κ1) is 12.6. The van der Waals surface area contributed by atoms with Gasteiger partial charge in [0.05, 0.1) is 6.10 Å². The maximum atomic E-state index is 10.2. The third kappa shape index (κ3) is 3.08. The number of ether oxygens (including phenoxy) is 1. The van der Waals surface area contributed by atoms with Crippen molar-refractivity contribution in [2.45, 2.75) is 32.8 Å². The van der Waals surface area contributed by atoms with Crippen molar-refractivity contribution in [1.29, 1.82) is 0 Å². The van der Waals surface area contributed by atoms with E-state index in [9.17, 15) is 5.11 Å². The maximum Gasteiger partial charge on any atom is 0.0824 e. The van der Waals surface area contributed by atoms with Crippen LogP contribution in [0.3, 0.4) is 0 Å². The van der Waals surface area contributed by atoms with Crippen LogP contribution in [0, 0.1) is 11.8 Å². The molecule has 1 N–H and O–H groups in total. The fourth-order valence-corrected chi connectivity index (χ4v) is 2.47. The van der Waals surface area contributed by atoms with Gasteiger partial charge in [0.2, 0.25) is 0 Å². The summed E-state index contributed by atoms with van der Waals surface area (Å²) in [6, 6.07) is 8.20. The van der Waals surface area contributed by atoms with Crippen LogP contribution >= 0.6 is 0 Å². The quantitative estimate of drug-likeness (QED) is 0.794. The highest BCUT2D eigenvalue weighted by Crippen LogP contribution is 2.37. The summed E-state index contributed by atoms with van der Waals surface area (Å²) in [6.45, 7) is 5.88. The lowest BCUT2D eigenvalue weighted by atomic mass is 10.0. The van der Waals surface area contributed by atoms with Gasteiger partial charge in [-0.15, -0.1) is 0 Å². The van der Waals surface area contributed by atoms with Gasteiger partial charge in [-0.3, -0.25) is 0 Å². The van der Waals surface area contributed by atoms with Crippen LogP contribution in [-0.4, -0.2) is 18.3 Å². The van der Waals surface area contributed by atoms with E-state index < -0.39 is 0 Å². The molecule has 0 saturated carbocycles. The summed E-state index contributed by atoms with van der Waals surface area (Å²) in [5.41, 5.74) is 2.41. The average Bonchev–Trinajstić information content (AvgIpc) is 2.63. The highest BCUT2D eigenvalue weighted by Gasteiger charge is 2.29. The standard InChI is InChI=1S/C15H22O2/c1-11(2)10-17-8-7-13-9-12-5-3-4-6-14(12)15(13)16/h3-6,11,13,15-16H,7-10H2,1-2H3. The van der Waals surface area contributed by atoms with Gasteiger partial charge in [-0.1, -0.05) is 38.1 Å². The second kappa shape index (κ2) is 5.65. The molecule has 0 fully saturated rings. The maximum absolute atomic E-state index is 10.2. The number of rotatable bonds is 5. The average molecular weight is 234 g/mol. The highest BCUT2D eigenvalue weighted by molar-refractivity contribution is 5.34. The monoisotopic (exact) mass is 234 g/mol. The Morgan fingerprint density at radius 2 is 2.12 bits per heavy atom. The van der Waals surface area contributed by atoms with E-state index in [2.05, 4.69) is 19.9 Å². The smallest absolute Gasteiger partial charge is 0.0824 e. The molecule has 1 aromatic rings. The summed E-state index contributed by atoms with van der Waals surface area (Å²) < 4.78 is 5.59. The molecule has 1 aliphatic carbocycles. The van der Waals surface area contributed by atoms with Gasteiger partial charge in [-0.2, -0.15) is 0 Å².